The van der Waals surface area contributed by atoms with Crippen LogP contribution in [0.1, 0.15) is 30.5 Å². The number of nitrogens with one attached hydrogen (secondary N) is 1. The summed E-state index contributed by atoms with van der Waals surface area (Å²) in [5, 5.41) is 3.34. The van der Waals surface area contributed by atoms with Crippen molar-refractivity contribution in [2.75, 3.05) is 19.6 Å². The molecule has 38 heavy (non-hydrogen) atoms. The summed E-state index contributed by atoms with van der Waals surface area (Å²) in [4.78, 5) is 21.2. The maximum atomic E-state index is 13.8. The number of carbonyl (C=O) groups is 1. The Labute approximate surface area is 244 Å². The van der Waals surface area contributed by atoms with Crippen molar-refractivity contribution >= 4 is 63.2 Å². The summed E-state index contributed by atoms with van der Waals surface area (Å²) in [6, 6.07) is 19.2. The second-order valence-corrected chi connectivity index (χ2v) is 11.6. The van der Waals surface area contributed by atoms with Crippen molar-refractivity contribution in [3.63, 3.8) is 0 Å². The first-order chi connectivity index (χ1) is 18.2. The molecule has 4 rings (SSSR count). The summed E-state index contributed by atoms with van der Waals surface area (Å²) in [5.41, 5.74) is 4.15. The maximum absolute atomic E-state index is 13.8. The lowest BCUT2D eigenvalue weighted by molar-refractivity contribution is -0.133. The highest BCUT2D eigenvalue weighted by atomic mass is 35.5. The lowest BCUT2D eigenvalue weighted by Crippen LogP contribution is -2.42. The molecule has 8 heteroatoms. The predicted octanol–water partition coefficient (Wildman–Crippen LogP) is 8.51. The Bertz CT molecular complexity index is 1400. The fraction of sp³-hybridized carbons (Fsp3) is 0.300. The highest BCUT2D eigenvalue weighted by Crippen LogP contribution is 2.25. The van der Waals surface area contributed by atoms with Crippen LogP contribution >= 0.6 is 46.4 Å². The van der Waals surface area contributed by atoms with E-state index in [-0.39, 0.29) is 12.5 Å². The number of nitrogens with zero attached hydrogens (tertiary/aromatic N) is 2. The number of hydrogen-bond donors (Lipinski definition) is 1. The van der Waals surface area contributed by atoms with Crippen LogP contribution in [-0.2, 0) is 24.3 Å². The Hall–Kier alpha value is -2.21. The molecule has 3 aromatic carbocycles. The Morgan fingerprint density at radius 1 is 0.868 bits per heavy atom. The van der Waals surface area contributed by atoms with E-state index in [0.717, 1.165) is 29.6 Å². The van der Waals surface area contributed by atoms with Crippen LogP contribution in [-0.4, -0.2) is 40.3 Å². The molecule has 0 aliphatic carbocycles. The zero-order valence-electron chi connectivity index (χ0n) is 21.5. The largest absolute Gasteiger partial charge is 0.361 e. The van der Waals surface area contributed by atoms with Gasteiger partial charge in [-0.1, -0.05) is 90.6 Å². The van der Waals surface area contributed by atoms with E-state index in [2.05, 4.69) is 35.9 Å². The van der Waals surface area contributed by atoms with E-state index in [1.165, 1.54) is 10.9 Å². The molecule has 4 aromatic rings. The number of amides is 1. The maximum Gasteiger partial charge on any atom is 0.237 e. The number of H-pyrrole nitrogens is 1. The minimum Gasteiger partial charge on any atom is -0.361 e. The van der Waals surface area contributed by atoms with Gasteiger partial charge in [0.05, 0.1) is 16.6 Å². The molecule has 0 aliphatic heterocycles. The summed E-state index contributed by atoms with van der Waals surface area (Å²) in [6.07, 6.45) is 2.75. The highest BCUT2D eigenvalue weighted by molar-refractivity contribution is 6.42. The molecule has 4 nitrogen and oxygen atoms in total. The summed E-state index contributed by atoms with van der Waals surface area (Å²) >= 11 is 25.0. The Balaban J connectivity index is 1.54. The van der Waals surface area contributed by atoms with Crippen molar-refractivity contribution in [3.8, 4) is 0 Å². The fourth-order valence-electron chi connectivity index (χ4n) is 4.63. The number of aromatic amines is 1. The van der Waals surface area contributed by atoms with Gasteiger partial charge < -0.3 is 9.88 Å². The number of aromatic nitrogens is 1. The molecule has 1 aromatic heterocycles. The minimum atomic E-state index is 0.0432. The van der Waals surface area contributed by atoms with Crippen molar-refractivity contribution < 1.29 is 4.79 Å². The second kappa shape index (κ2) is 13.2. The van der Waals surface area contributed by atoms with Gasteiger partial charge in [0.15, 0.2) is 0 Å². The number of para-hydroxylation sites is 1. The van der Waals surface area contributed by atoms with Gasteiger partial charge in [-0.25, -0.2) is 0 Å². The monoisotopic (exact) mass is 589 g/mol. The van der Waals surface area contributed by atoms with Crippen molar-refractivity contribution in [3.05, 3.63) is 104 Å². The van der Waals surface area contributed by atoms with Crippen LogP contribution in [0.4, 0.5) is 0 Å². The van der Waals surface area contributed by atoms with Gasteiger partial charge in [0.2, 0.25) is 5.91 Å². The van der Waals surface area contributed by atoms with E-state index in [4.69, 9.17) is 46.4 Å². The van der Waals surface area contributed by atoms with Gasteiger partial charge in [-0.3, -0.25) is 9.69 Å². The number of hydrogen-bond acceptors (Lipinski definition) is 2. The molecule has 0 saturated carbocycles. The first kappa shape index (κ1) is 28.8. The van der Waals surface area contributed by atoms with Crippen LogP contribution in [0.5, 0.6) is 0 Å². The van der Waals surface area contributed by atoms with Crippen LogP contribution in [0.2, 0.25) is 20.1 Å². The molecule has 200 valence electrons. The van der Waals surface area contributed by atoms with Gasteiger partial charge in [-0.2, -0.15) is 0 Å². The standard InChI is InChI=1S/C30H31Cl4N3O/c1-20(2)16-36(18-23-8-9-24(31)14-27(23)33)19-30(38)37(17-21-7-10-26(32)28(34)13-21)12-11-22-15-35-29-6-4-3-5-25(22)29/h3-10,13-15,20,35H,11-12,16-19H2,1-2H3. The van der Waals surface area contributed by atoms with E-state index in [0.29, 0.717) is 45.6 Å². The first-order valence-corrected chi connectivity index (χ1v) is 14.1. The quantitative estimate of drug-likeness (QED) is 0.190. The van der Waals surface area contributed by atoms with Gasteiger partial charge in [-0.05, 0) is 59.4 Å². The molecule has 1 amide bonds. The third kappa shape index (κ3) is 7.68. The molecular formula is C30H31Cl4N3O. The number of fused-ring (bicyclic) bond motifs is 1. The lowest BCUT2D eigenvalue weighted by atomic mass is 10.1. The van der Waals surface area contributed by atoms with Crippen molar-refractivity contribution in [2.45, 2.75) is 33.4 Å². The summed E-state index contributed by atoms with van der Waals surface area (Å²) in [5.74, 6) is 0.422. The molecule has 0 spiro atoms. The molecule has 1 heterocycles. The van der Waals surface area contributed by atoms with E-state index in [9.17, 15) is 4.79 Å². The topological polar surface area (TPSA) is 39.3 Å². The fourth-order valence-corrected chi connectivity index (χ4v) is 5.42. The summed E-state index contributed by atoms with van der Waals surface area (Å²) in [6.45, 7) is 6.88. The number of rotatable bonds is 11. The third-order valence-electron chi connectivity index (χ3n) is 6.43. The van der Waals surface area contributed by atoms with E-state index in [1.807, 2.05) is 47.5 Å². The zero-order chi connectivity index (χ0) is 27.2. The Morgan fingerprint density at radius 2 is 1.66 bits per heavy atom. The van der Waals surface area contributed by atoms with E-state index >= 15 is 0 Å². The normalized spacial score (nSPS) is 11.6. The lowest BCUT2D eigenvalue weighted by Gasteiger charge is -2.29. The van der Waals surface area contributed by atoms with E-state index < -0.39 is 0 Å². The van der Waals surface area contributed by atoms with Gasteiger partial charge in [0.1, 0.15) is 0 Å². The number of benzene rings is 3. The van der Waals surface area contributed by atoms with Crippen molar-refractivity contribution in [1.29, 1.82) is 0 Å². The molecule has 0 fully saturated rings. The van der Waals surface area contributed by atoms with Gasteiger partial charge in [0.25, 0.3) is 0 Å². The highest BCUT2D eigenvalue weighted by Gasteiger charge is 2.21. The smallest absolute Gasteiger partial charge is 0.237 e. The SMILES string of the molecule is CC(C)CN(CC(=O)N(CCc1c[nH]c2ccccc12)Cc1ccc(Cl)c(Cl)c1)Cc1ccc(Cl)cc1Cl. The molecule has 0 bridgehead atoms. The number of carbonyl (C=O) groups excluding carboxylic acids is 1. The van der Waals surface area contributed by atoms with Crippen molar-refractivity contribution in [1.82, 2.24) is 14.8 Å². The molecule has 0 atom stereocenters. The first-order valence-electron chi connectivity index (χ1n) is 12.6. The molecule has 0 unspecified atom stereocenters. The third-order valence-corrected chi connectivity index (χ3v) is 7.75. The van der Waals surface area contributed by atoms with Crippen LogP contribution in [0.3, 0.4) is 0 Å². The predicted molar refractivity (Wildman–Crippen MR) is 160 cm³/mol. The van der Waals surface area contributed by atoms with Crippen molar-refractivity contribution in [2.24, 2.45) is 5.92 Å². The van der Waals surface area contributed by atoms with Crippen LogP contribution in [0, 0.1) is 5.92 Å². The zero-order valence-corrected chi connectivity index (χ0v) is 24.5. The van der Waals surface area contributed by atoms with Crippen LogP contribution in [0.15, 0.2) is 66.9 Å². The van der Waals surface area contributed by atoms with Gasteiger partial charge in [-0.15, -0.1) is 0 Å². The van der Waals surface area contributed by atoms with Crippen LogP contribution < -0.4 is 0 Å². The Kier molecular flexibility index (Phi) is 10.0. The molecule has 0 aliphatic rings. The van der Waals surface area contributed by atoms with Crippen LogP contribution in [0.25, 0.3) is 10.9 Å². The summed E-state index contributed by atoms with van der Waals surface area (Å²) in [7, 11) is 0. The van der Waals surface area contributed by atoms with Gasteiger partial charge >= 0.3 is 0 Å². The Morgan fingerprint density at radius 3 is 2.39 bits per heavy atom. The minimum absolute atomic E-state index is 0.0432. The molecule has 0 saturated heterocycles. The number of halogens is 4. The molecular weight excluding hydrogens is 560 g/mol. The molecule has 1 N–H and O–H groups in total. The second-order valence-electron chi connectivity index (χ2n) is 9.97. The van der Waals surface area contributed by atoms with E-state index in [1.54, 1.807) is 12.1 Å². The average Bonchev–Trinajstić information content (AvgIpc) is 3.28. The molecule has 0 radical (unpaired) electrons. The average molecular weight is 591 g/mol. The van der Waals surface area contributed by atoms with Gasteiger partial charge in [0, 0.05) is 53.3 Å². The summed E-state index contributed by atoms with van der Waals surface area (Å²) < 4.78 is 0.